The van der Waals surface area contributed by atoms with Crippen LogP contribution in [0, 0.1) is 0 Å². The number of nitrogens with two attached hydrogens (primary N) is 1. The Morgan fingerprint density at radius 3 is 2.81 bits per heavy atom. The summed E-state index contributed by atoms with van der Waals surface area (Å²) in [5.74, 6) is -0.958. The smallest absolute Gasteiger partial charge is 0.330 e. The predicted molar refractivity (Wildman–Crippen MR) is 58.2 cm³/mol. The molecule has 1 fully saturated rings. The third-order valence-corrected chi connectivity index (χ3v) is 2.76. The van der Waals surface area contributed by atoms with Gasteiger partial charge in [-0.3, -0.25) is 9.59 Å². The van der Waals surface area contributed by atoms with Crippen LogP contribution >= 0.6 is 11.8 Å². The monoisotopic (exact) mass is 246 g/mol. The summed E-state index contributed by atoms with van der Waals surface area (Å²) in [7, 11) is 0. The van der Waals surface area contributed by atoms with Crippen molar-refractivity contribution >= 4 is 29.5 Å². The first-order chi connectivity index (χ1) is 7.56. The number of hydroxylamine groups is 2. The third kappa shape index (κ3) is 3.21. The average molecular weight is 246 g/mol. The average Bonchev–Trinajstić information content (AvgIpc) is 2.46. The number of thioether (sulfide) groups is 1. The van der Waals surface area contributed by atoms with E-state index in [9.17, 15) is 14.4 Å². The molecule has 0 spiro atoms. The minimum atomic E-state index is -0.883. The van der Waals surface area contributed by atoms with Gasteiger partial charge in [0.1, 0.15) is 0 Å². The Labute approximate surface area is 97.4 Å². The lowest BCUT2D eigenvalue weighted by molar-refractivity contribution is -0.197. The third-order valence-electron chi connectivity index (χ3n) is 2.06. The van der Waals surface area contributed by atoms with E-state index in [4.69, 9.17) is 5.73 Å². The SMILES string of the molecule is CSCCCC(=O)ON1C(=O)CC(N)C1=O. The van der Waals surface area contributed by atoms with E-state index in [1.807, 2.05) is 6.26 Å². The highest BCUT2D eigenvalue weighted by molar-refractivity contribution is 7.98. The van der Waals surface area contributed by atoms with Crippen molar-refractivity contribution < 1.29 is 19.2 Å². The zero-order valence-corrected chi connectivity index (χ0v) is 9.79. The van der Waals surface area contributed by atoms with Crippen molar-refractivity contribution in [2.75, 3.05) is 12.0 Å². The van der Waals surface area contributed by atoms with Crippen molar-refractivity contribution in [3.63, 3.8) is 0 Å². The molecule has 6 nitrogen and oxygen atoms in total. The van der Waals surface area contributed by atoms with Gasteiger partial charge in [0.15, 0.2) is 0 Å². The molecule has 16 heavy (non-hydrogen) atoms. The lowest BCUT2D eigenvalue weighted by Gasteiger charge is -2.12. The van der Waals surface area contributed by atoms with Gasteiger partial charge in [-0.15, -0.1) is 5.06 Å². The Morgan fingerprint density at radius 1 is 1.62 bits per heavy atom. The highest BCUT2D eigenvalue weighted by Crippen LogP contribution is 2.12. The van der Waals surface area contributed by atoms with Crippen molar-refractivity contribution in [1.29, 1.82) is 0 Å². The number of nitrogens with zero attached hydrogens (tertiary/aromatic N) is 1. The van der Waals surface area contributed by atoms with Crippen LogP contribution in [0.15, 0.2) is 0 Å². The van der Waals surface area contributed by atoms with E-state index >= 15 is 0 Å². The topological polar surface area (TPSA) is 89.7 Å². The fourth-order valence-corrected chi connectivity index (χ4v) is 1.67. The molecule has 1 rings (SSSR count). The molecular formula is C9H14N2O4S. The zero-order valence-electron chi connectivity index (χ0n) is 8.97. The summed E-state index contributed by atoms with van der Waals surface area (Å²) in [6.07, 6.45) is 2.67. The highest BCUT2D eigenvalue weighted by Gasteiger charge is 2.39. The fraction of sp³-hybridized carbons (Fsp3) is 0.667. The molecule has 1 aliphatic rings. The maximum absolute atomic E-state index is 11.3. The van der Waals surface area contributed by atoms with E-state index < -0.39 is 23.8 Å². The van der Waals surface area contributed by atoms with Gasteiger partial charge < -0.3 is 10.6 Å². The first kappa shape index (κ1) is 13.0. The molecule has 1 heterocycles. The number of hydrogen-bond acceptors (Lipinski definition) is 6. The minimum Gasteiger partial charge on any atom is -0.330 e. The van der Waals surface area contributed by atoms with Crippen LogP contribution in [0.1, 0.15) is 19.3 Å². The van der Waals surface area contributed by atoms with Crippen LogP contribution in [-0.4, -0.2) is 40.9 Å². The molecule has 0 aromatic rings. The van der Waals surface area contributed by atoms with Crippen LogP contribution in [0.3, 0.4) is 0 Å². The molecule has 0 aromatic heterocycles. The van der Waals surface area contributed by atoms with Crippen molar-refractivity contribution in [1.82, 2.24) is 5.06 Å². The molecule has 7 heteroatoms. The van der Waals surface area contributed by atoms with E-state index in [-0.39, 0.29) is 12.8 Å². The Balaban J connectivity index is 2.39. The standard InChI is InChI=1S/C9H14N2O4S/c1-16-4-2-3-8(13)15-11-7(12)5-6(10)9(11)14/h6H,2-5,10H2,1H3. The van der Waals surface area contributed by atoms with Gasteiger partial charge in [-0.25, -0.2) is 4.79 Å². The second-order valence-corrected chi connectivity index (χ2v) is 4.38. The van der Waals surface area contributed by atoms with E-state index in [1.54, 1.807) is 11.8 Å². The van der Waals surface area contributed by atoms with E-state index in [0.717, 1.165) is 5.75 Å². The molecule has 1 atom stereocenters. The van der Waals surface area contributed by atoms with Gasteiger partial charge in [0.2, 0.25) is 0 Å². The van der Waals surface area contributed by atoms with Crippen LogP contribution < -0.4 is 5.73 Å². The summed E-state index contributed by atoms with van der Waals surface area (Å²) in [6.45, 7) is 0. The number of amides is 2. The first-order valence-corrected chi connectivity index (χ1v) is 6.27. The molecule has 1 unspecified atom stereocenters. The van der Waals surface area contributed by atoms with Gasteiger partial charge in [-0.05, 0) is 18.4 Å². The maximum Gasteiger partial charge on any atom is 0.333 e. The van der Waals surface area contributed by atoms with E-state index in [2.05, 4.69) is 4.84 Å². The first-order valence-electron chi connectivity index (χ1n) is 4.88. The summed E-state index contributed by atoms with van der Waals surface area (Å²) in [4.78, 5) is 38.4. The summed E-state index contributed by atoms with van der Waals surface area (Å²) >= 11 is 1.61. The Morgan fingerprint density at radius 2 is 2.31 bits per heavy atom. The van der Waals surface area contributed by atoms with Crippen LogP contribution in [0.2, 0.25) is 0 Å². The molecule has 1 saturated heterocycles. The molecular weight excluding hydrogens is 232 g/mol. The molecule has 0 aliphatic carbocycles. The van der Waals surface area contributed by atoms with Gasteiger partial charge in [0, 0.05) is 6.42 Å². The molecule has 90 valence electrons. The quantitative estimate of drug-likeness (QED) is 0.528. The lowest BCUT2D eigenvalue weighted by Crippen LogP contribution is -2.36. The van der Waals surface area contributed by atoms with Gasteiger partial charge in [0.05, 0.1) is 12.5 Å². The van der Waals surface area contributed by atoms with Crippen molar-refractivity contribution in [2.45, 2.75) is 25.3 Å². The Hall–Kier alpha value is -1.08. The van der Waals surface area contributed by atoms with Crippen LogP contribution in [0.25, 0.3) is 0 Å². The number of imide groups is 1. The maximum atomic E-state index is 11.3. The summed E-state index contributed by atoms with van der Waals surface area (Å²) in [5.41, 5.74) is 5.35. The zero-order chi connectivity index (χ0) is 12.1. The largest absolute Gasteiger partial charge is 0.333 e. The molecule has 0 aromatic carbocycles. The Bertz CT molecular complexity index is 308. The normalized spacial score (nSPS) is 20.4. The van der Waals surface area contributed by atoms with Gasteiger partial charge in [-0.1, -0.05) is 0 Å². The Kier molecular flexibility index (Phi) is 4.75. The summed E-state index contributed by atoms with van der Waals surface area (Å²) in [6, 6.07) is -0.883. The van der Waals surface area contributed by atoms with Gasteiger partial charge in [-0.2, -0.15) is 11.8 Å². The number of rotatable bonds is 5. The van der Waals surface area contributed by atoms with Crippen molar-refractivity contribution in [3.8, 4) is 0 Å². The molecule has 1 aliphatic heterocycles. The summed E-state index contributed by atoms with van der Waals surface area (Å²) < 4.78 is 0. The number of carbonyl (C=O) groups excluding carboxylic acids is 3. The van der Waals surface area contributed by atoms with Crippen molar-refractivity contribution in [2.24, 2.45) is 5.73 Å². The molecule has 0 radical (unpaired) electrons. The van der Waals surface area contributed by atoms with Gasteiger partial charge in [0.25, 0.3) is 11.8 Å². The number of hydrogen-bond donors (Lipinski definition) is 1. The summed E-state index contributed by atoms with van der Waals surface area (Å²) in [5, 5.41) is 0.478. The number of carbonyl (C=O) groups is 3. The predicted octanol–water partition coefficient (Wildman–Crippen LogP) is -0.326. The van der Waals surface area contributed by atoms with Crippen LogP contribution in [0.4, 0.5) is 0 Å². The molecule has 0 bridgehead atoms. The highest BCUT2D eigenvalue weighted by atomic mass is 32.2. The van der Waals surface area contributed by atoms with E-state index in [0.29, 0.717) is 11.5 Å². The van der Waals surface area contributed by atoms with Crippen molar-refractivity contribution in [3.05, 3.63) is 0 Å². The van der Waals surface area contributed by atoms with Crippen LogP contribution in [-0.2, 0) is 19.2 Å². The van der Waals surface area contributed by atoms with E-state index in [1.165, 1.54) is 0 Å². The lowest BCUT2D eigenvalue weighted by atomic mass is 10.3. The molecule has 2 N–H and O–H groups in total. The second kappa shape index (κ2) is 5.86. The molecule has 2 amide bonds. The van der Waals surface area contributed by atoms with Gasteiger partial charge >= 0.3 is 5.97 Å². The molecule has 0 saturated carbocycles. The second-order valence-electron chi connectivity index (χ2n) is 3.40. The fourth-order valence-electron chi connectivity index (χ4n) is 1.24. The van der Waals surface area contributed by atoms with Crippen LogP contribution in [0.5, 0.6) is 0 Å². The minimum absolute atomic E-state index is 0.100.